The predicted molar refractivity (Wildman–Crippen MR) is 186 cm³/mol. The van der Waals surface area contributed by atoms with Crippen molar-refractivity contribution in [3.8, 4) is 5.75 Å². The number of hydrogen-bond acceptors (Lipinski definition) is 8. The number of phenolic OH excluding ortho intramolecular Hbond substituents is 1. The number of aromatic carboxylic acids is 1. The number of ether oxygens (including phenoxy) is 1. The summed E-state index contributed by atoms with van der Waals surface area (Å²) in [6.07, 6.45) is 3.41. The number of nitrogens with one attached hydrogen (secondary N) is 3. The molecular formula is C38H44N4O7. The minimum absolute atomic E-state index is 0.0560. The minimum Gasteiger partial charge on any atom is -0.506 e. The lowest BCUT2D eigenvalue weighted by Gasteiger charge is -2.44. The van der Waals surface area contributed by atoms with E-state index in [1.165, 1.54) is 12.1 Å². The van der Waals surface area contributed by atoms with E-state index < -0.39 is 24.2 Å². The third-order valence-corrected chi connectivity index (χ3v) is 9.89. The SMILES string of the molecule is O=C(NC(c1ccccc1)c1cccc(C(=O)O)c1CCCCCNC[C@H](O)c1ccc(O)c2[nH]c(=O)ccc12)O[C@H]1CN2CCC1CC2. The van der Waals surface area contributed by atoms with Crippen LogP contribution in [0.4, 0.5) is 4.79 Å². The standard InChI is InChI=1S/C38H44N4O7/c43-31-15-13-27(29-14-16-34(45)40-36(29)31)32(44)22-39-19-6-2-5-10-26-28(11-7-12-30(26)37(46)47)35(25-8-3-1-4-9-25)41-38(48)49-33-23-42-20-17-24(33)18-21-42/h1,3-4,7-9,11-16,24,32-33,35,39,43-44H,2,5-6,10,17-23H2,(H,40,45)(H,41,48)(H,46,47)/t32-,33-,35?/m0/s1. The van der Waals surface area contributed by atoms with Gasteiger partial charge in [0.05, 0.1) is 23.2 Å². The van der Waals surface area contributed by atoms with Gasteiger partial charge in [0.1, 0.15) is 11.9 Å². The number of carbonyl (C=O) groups is 2. The van der Waals surface area contributed by atoms with Crippen LogP contribution in [0.1, 0.15) is 76.9 Å². The molecule has 0 saturated carbocycles. The quantitative estimate of drug-likeness (QED) is 0.103. The number of aliphatic hydroxyl groups is 1. The van der Waals surface area contributed by atoms with E-state index in [9.17, 15) is 29.7 Å². The fraction of sp³-hybridized carbons (Fsp3) is 0.395. The van der Waals surface area contributed by atoms with Crippen LogP contribution in [0.3, 0.4) is 0 Å². The summed E-state index contributed by atoms with van der Waals surface area (Å²) in [5.74, 6) is -0.700. The highest BCUT2D eigenvalue weighted by atomic mass is 16.6. The number of pyridine rings is 1. The number of alkyl carbamates (subject to hydrolysis) is 1. The van der Waals surface area contributed by atoms with Gasteiger partial charge in [0, 0.05) is 24.5 Å². The van der Waals surface area contributed by atoms with Gasteiger partial charge in [-0.05, 0) is 98.1 Å². The second-order valence-electron chi connectivity index (χ2n) is 13.1. The molecule has 0 radical (unpaired) electrons. The molecule has 6 N–H and O–H groups in total. The third-order valence-electron chi connectivity index (χ3n) is 9.89. The van der Waals surface area contributed by atoms with E-state index in [-0.39, 0.29) is 29.5 Å². The van der Waals surface area contributed by atoms with Crippen molar-refractivity contribution in [1.82, 2.24) is 20.5 Å². The van der Waals surface area contributed by atoms with Crippen molar-refractivity contribution in [2.45, 2.75) is 56.8 Å². The fourth-order valence-corrected chi connectivity index (χ4v) is 7.30. The molecule has 7 rings (SSSR count). The van der Waals surface area contributed by atoms with E-state index >= 15 is 0 Å². The monoisotopic (exact) mass is 668 g/mol. The van der Waals surface area contributed by atoms with Crippen LogP contribution in [0.2, 0.25) is 0 Å². The van der Waals surface area contributed by atoms with Crippen LogP contribution in [0.25, 0.3) is 10.9 Å². The summed E-state index contributed by atoms with van der Waals surface area (Å²) in [6.45, 7) is 3.76. The van der Waals surface area contributed by atoms with Crippen LogP contribution in [0.15, 0.2) is 77.6 Å². The zero-order valence-corrected chi connectivity index (χ0v) is 27.4. The largest absolute Gasteiger partial charge is 0.506 e. The van der Waals surface area contributed by atoms with Crippen LogP contribution >= 0.6 is 0 Å². The Hall–Kier alpha value is -4.71. The third kappa shape index (κ3) is 8.13. The summed E-state index contributed by atoms with van der Waals surface area (Å²) in [5.41, 5.74) is 3.04. The first kappa shape index (κ1) is 34.2. The minimum atomic E-state index is -1.01. The van der Waals surface area contributed by atoms with Gasteiger partial charge in [-0.25, -0.2) is 9.59 Å². The van der Waals surface area contributed by atoms with Crippen molar-refractivity contribution in [2.24, 2.45) is 5.92 Å². The summed E-state index contributed by atoms with van der Waals surface area (Å²) in [7, 11) is 0. The van der Waals surface area contributed by atoms with E-state index in [0.717, 1.165) is 62.9 Å². The lowest BCUT2D eigenvalue weighted by atomic mass is 9.86. The number of aromatic amines is 1. The van der Waals surface area contributed by atoms with Gasteiger partial charge < -0.3 is 35.7 Å². The molecule has 1 amide bonds. The Kier molecular flexibility index (Phi) is 10.9. The molecule has 3 aliphatic rings. The first-order valence-electron chi connectivity index (χ1n) is 17.1. The number of benzene rings is 3. The Bertz CT molecular complexity index is 1820. The first-order chi connectivity index (χ1) is 23.8. The Morgan fingerprint density at radius 1 is 0.939 bits per heavy atom. The van der Waals surface area contributed by atoms with Crippen LogP contribution in [-0.4, -0.2) is 76.1 Å². The highest BCUT2D eigenvalue weighted by Crippen LogP contribution is 2.32. The van der Waals surface area contributed by atoms with Crippen molar-refractivity contribution >= 4 is 23.0 Å². The van der Waals surface area contributed by atoms with E-state index in [1.54, 1.807) is 24.3 Å². The topological polar surface area (TPSA) is 164 Å². The number of amides is 1. The van der Waals surface area contributed by atoms with E-state index in [2.05, 4.69) is 20.5 Å². The number of nitrogens with zero attached hydrogens (tertiary/aromatic N) is 1. The summed E-state index contributed by atoms with van der Waals surface area (Å²) in [6, 6.07) is 20.3. The van der Waals surface area contributed by atoms with Gasteiger partial charge in [-0.15, -0.1) is 0 Å². The number of rotatable bonds is 14. The number of H-pyrrole nitrogens is 1. The van der Waals surface area contributed by atoms with Crippen molar-refractivity contribution in [3.05, 3.63) is 111 Å². The maximum absolute atomic E-state index is 13.3. The highest BCUT2D eigenvalue weighted by Gasteiger charge is 2.37. The molecule has 3 aromatic carbocycles. The maximum atomic E-state index is 13.3. The smallest absolute Gasteiger partial charge is 0.408 e. The average molecular weight is 669 g/mol. The zero-order valence-electron chi connectivity index (χ0n) is 27.4. The number of hydrogen-bond donors (Lipinski definition) is 6. The van der Waals surface area contributed by atoms with Crippen molar-refractivity contribution < 1.29 is 29.6 Å². The molecule has 0 spiro atoms. The van der Waals surface area contributed by atoms with Crippen molar-refractivity contribution in [2.75, 3.05) is 32.7 Å². The Morgan fingerprint density at radius 2 is 1.73 bits per heavy atom. The molecule has 3 fully saturated rings. The molecule has 4 aromatic rings. The average Bonchev–Trinajstić information content (AvgIpc) is 3.11. The number of aromatic nitrogens is 1. The second kappa shape index (κ2) is 15.7. The van der Waals surface area contributed by atoms with E-state index in [1.807, 2.05) is 36.4 Å². The van der Waals surface area contributed by atoms with Gasteiger partial charge in [0.15, 0.2) is 0 Å². The van der Waals surface area contributed by atoms with Gasteiger partial charge in [-0.1, -0.05) is 55.0 Å². The Morgan fingerprint density at radius 3 is 2.47 bits per heavy atom. The van der Waals surface area contributed by atoms with Gasteiger partial charge in [0.2, 0.25) is 5.56 Å². The summed E-state index contributed by atoms with van der Waals surface area (Å²) in [5, 5.41) is 38.0. The summed E-state index contributed by atoms with van der Waals surface area (Å²) >= 11 is 0. The molecule has 3 atom stereocenters. The van der Waals surface area contributed by atoms with Crippen LogP contribution in [0, 0.1) is 5.92 Å². The number of phenols is 1. The molecule has 11 nitrogen and oxygen atoms in total. The molecule has 2 bridgehead atoms. The first-order valence-corrected chi connectivity index (χ1v) is 17.1. The fourth-order valence-electron chi connectivity index (χ4n) is 7.30. The maximum Gasteiger partial charge on any atom is 0.408 e. The molecule has 49 heavy (non-hydrogen) atoms. The van der Waals surface area contributed by atoms with Gasteiger partial charge in [0.25, 0.3) is 0 Å². The lowest BCUT2D eigenvalue weighted by Crippen LogP contribution is -2.52. The molecule has 0 aliphatic carbocycles. The molecule has 1 aromatic heterocycles. The number of piperidine rings is 3. The predicted octanol–water partition coefficient (Wildman–Crippen LogP) is 4.88. The molecule has 3 saturated heterocycles. The van der Waals surface area contributed by atoms with Gasteiger partial charge in [-0.3, -0.25) is 9.69 Å². The van der Waals surface area contributed by atoms with Crippen LogP contribution in [-0.2, 0) is 11.2 Å². The van der Waals surface area contributed by atoms with Crippen molar-refractivity contribution in [1.29, 1.82) is 0 Å². The molecule has 3 aliphatic heterocycles. The van der Waals surface area contributed by atoms with E-state index in [4.69, 9.17) is 4.74 Å². The number of aliphatic hydroxyl groups excluding tert-OH is 1. The van der Waals surface area contributed by atoms with E-state index in [0.29, 0.717) is 40.9 Å². The number of carbonyl (C=O) groups excluding carboxylic acids is 1. The molecule has 258 valence electrons. The second-order valence-corrected chi connectivity index (χ2v) is 13.1. The zero-order chi connectivity index (χ0) is 34.3. The number of fused-ring (bicyclic) bond motifs is 4. The van der Waals surface area contributed by atoms with Crippen LogP contribution < -0.4 is 16.2 Å². The lowest BCUT2D eigenvalue weighted by molar-refractivity contribution is -0.0336. The molecular weight excluding hydrogens is 624 g/mol. The molecule has 4 heterocycles. The van der Waals surface area contributed by atoms with Gasteiger partial charge >= 0.3 is 12.1 Å². The van der Waals surface area contributed by atoms with Crippen LogP contribution in [0.5, 0.6) is 5.75 Å². The Balaban J connectivity index is 1.08. The molecule has 1 unspecified atom stereocenters. The number of aromatic hydroxyl groups is 1. The molecule has 11 heteroatoms. The summed E-state index contributed by atoms with van der Waals surface area (Å²) in [4.78, 5) is 42.4. The summed E-state index contributed by atoms with van der Waals surface area (Å²) < 4.78 is 5.97. The number of carboxylic acid groups (broad SMARTS) is 1. The normalized spacial score (nSPS) is 19.7. The van der Waals surface area contributed by atoms with Crippen molar-refractivity contribution in [3.63, 3.8) is 0 Å². The van der Waals surface area contributed by atoms with Gasteiger partial charge in [-0.2, -0.15) is 0 Å². The Labute approximate surface area is 284 Å². The highest BCUT2D eigenvalue weighted by molar-refractivity contribution is 5.90. The number of carboxylic acids is 1. The number of unbranched alkanes of at least 4 members (excludes halogenated alkanes) is 2.